The van der Waals surface area contributed by atoms with Gasteiger partial charge in [0.1, 0.15) is 6.04 Å². The van der Waals surface area contributed by atoms with Crippen LogP contribution in [0.3, 0.4) is 0 Å². The Bertz CT molecular complexity index is 1300. The maximum absolute atomic E-state index is 13.5. The Morgan fingerprint density at radius 1 is 1.08 bits per heavy atom. The minimum Gasteiger partial charge on any atom is -0.755 e. The average Bonchev–Trinajstić information content (AvgIpc) is 3.28. The van der Waals surface area contributed by atoms with Crippen molar-refractivity contribution in [3.05, 3.63) is 69.3 Å². The predicted molar refractivity (Wildman–Crippen MR) is 152 cm³/mol. The van der Waals surface area contributed by atoms with Gasteiger partial charge in [-0.15, -0.1) is 0 Å². The summed E-state index contributed by atoms with van der Waals surface area (Å²) >= 11 is 11.9. The number of hydrogen-bond acceptors (Lipinski definition) is 6. The molecule has 1 saturated carbocycles. The van der Waals surface area contributed by atoms with E-state index < -0.39 is 27.7 Å². The van der Waals surface area contributed by atoms with E-state index in [0.29, 0.717) is 22.9 Å². The number of hydroxylamine groups is 2. The summed E-state index contributed by atoms with van der Waals surface area (Å²) in [5.74, 6) is -1.72. The molecule has 1 aliphatic carbocycles. The quantitative estimate of drug-likeness (QED) is 0.403. The summed E-state index contributed by atoms with van der Waals surface area (Å²) in [5, 5.41) is 14.0. The summed E-state index contributed by atoms with van der Waals surface area (Å²) in [6, 6.07) is 11.1. The Morgan fingerprint density at radius 3 is 2.41 bits per heavy atom. The van der Waals surface area contributed by atoms with E-state index in [1.165, 1.54) is 24.3 Å². The lowest BCUT2D eigenvalue weighted by atomic mass is 9.81. The van der Waals surface area contributed by atoms with Gasteiger partial charge in [0.15, 0.2) is 9.84 Å². The van der Waals surface area contributed by atoms with Crippen LogP contribution in [0.2, 0.25) is 10.0 Å². The van der Waals surface area contributed by atoms with Gasteiger partial charge in [-0.2, -0.15) is 0 Å². The number of sulfone groups is 1. The van der Waals surface area contributed by atoms with Crippen molar-refractivity contribution in [1.82, 2.24) is 14.9 Å². The normalized spacial score (nSPS) is 24.0. The van der Waals surface area contributed by atoms with Crippen LogP contribution in [0.25, 0.3) is 0 Å². The molecule has 0 spiro atoms. The van der Waals surface area contributed by atoms with E-state index in [-0.39, 0.29) is 58.3 Å². The molecule has 11 heteroatoms. The van der Waals surface area contributed by atoms with Gasteiger partial charge in [-0.1, -0.05) is 29.3 Å². The van der Waals surface area contributed by atoms with Gasteiger partial charge in [0.25, 0.3) is 0 Å². The average molecular weight is 596 g/mol. The van der Waals surface area contributed by atoms with Crippen LogP contribution in [-0.2, 0) is 14.6 Å². The smallest absolute Gasteiger partial charge is 0.244 e. The SMILES string of the molecule is CC(C)N(C)[C@@H]1CC[C@H](N2CC[C@H](N([O-])C(=O)c3cccc(Cl)c3)C2=O)[C@H](CS(=O)(=O)c2ccc(Cl)cc2)C1. The number of carbonyl (C=O) groups is 2. The van der Waals surface area contributed by atoms with E-state index in [9.17, 15) is 23.2 Å². The lowest BCUT2D eigenvalue weighted by molar-refractivity contribution is -0.134. The number of nitrogens with zero attached hydrogens (tertiary/aromatic N) is 3. The Labute approximate surface area is 240 Å². The van der Waals surface area contributed by atoms with Crippen molar-refractivity contribution in [3.8, 4) is 0 Å². The second kappa shape index (κ2) is 12.1. The second-order valence-electron chi connectivity index (χ2n) is 10.8. The van der Waals surface area contributed by atoms with Gasteiger partial charge in [-0.25, -0.2) is 8.42 Å². The van der Waals surface area contributed by atoms with Crippen LogP contribution in [0.4, 0.5) is 0 Å². The second-order valence-corrected chi connectivity index (χ2v) is 13.7. The van der Waals surface area contributed by atoms with Crippen molar-refractivity contribution >= 4 is 44.9 Å². The molecule has 1 saturated heterocycles. The molecular formula is C28H34Cl2N3O5S-. The molecule has 1 aliphatic heterocycles. The zero-order chi connectivity index (χ0) is 28.5. The van der Waals surface area contributed by atoms with Crippen molar-refractivity contribution in [2.24, 2.45) is 5.92 Å². The summed E-state index contributed by atoms with van der Waals surface area (Å²) in [6.45, 7) is 4.48. The molecule has 0 N–H and O–H groups in total. The number of hydrogen-bond donors (Lipinski definition) is 0. The standard InChI is InChI=1S/C28H34Cl2N3O5S/c1-18(2)31(3)23-9-12-25(20(16-23)17-39(37,38)24-10-7-21(29)8-11-24)32-14-13-26(28(32)35)33(36)27(34)19-5-4-6-22(30)15-19/h4-8,10-11,15,18,20,23,25-26H,9,12-14,16-17H2,1-3H3/q-1/t20-,23+,25-,26-/m0/s1. The summed E-state index contributed by atoms with van der Waals surface area (Å²) in [7, 11) is -1.63. The van der Waals surface area contributed by atoms with E-state index >= 15 is 0 Å². The molecule has 0 bridgehead atoms. The van der Waals surface area contributed by atoms with E-state index in [4.69, 9.17) is 23.2 Å². The number of amides is 2. The predicted octanol–water partition coefficient (Wildman–Crippen LogP) is 4.89. The highest BCUT2D eigenvalue weighted by molar-refractivity contribution is 7.91. The zero-order valence-electron chi connectivity index (χ0n) is 22.3. The van der Waals surface area contributed by atoms with Gasteiger partial charge in [-0.05, 0) is 95.0 Å². The van der Waals surface area contributed by atoms with Crippen LogP contribution in [0.5, 0.6) is 0 Å². The summed E-state index contributed by atoms with van der Waals surface area (Å²) in [5.41, 5.74) is 0.118. The summed E-state index contributed by atoms with van der Waals surface area (Å²) in [6.07, 6.45) is 2.20. The largest absolute Gasteiger partial charge is 0.755 e. The van der Waals surface area contributed by atoms with E-state index in [1.54, 1.807) is 29.2 Å². The molecule has 2 aromatic carbocycles. The monoisotopic (exact) mass is 594 g/mol. The third-order valence-corrected chi connectivity index (χ3v) is 10.4. The highest BCUT2D eigenvalue weighted by atomic mass is 35.5. The number of halogens is 2. The van der Waals surface area contributed by atoms with Crippen LogP contribution in [0, 0.1) is 11.1 Å². The van der Waals surface area contributed by atoms with Crippen LogP contribution in [0.1, 0.15) is 49.9 Å². The van der Waals surface area contributed by atoms with Gasteiger partial charge in [0.05, 0.1) is 10.6 Å². The third-order valence-electron chi connectivity index (χ3n) is 8.08. The molecule has 2 amide bonds. The number of likely N-dealkylation sites (tertiary alicyclic amines) is 1. The number of carbonyl (C=O) groups excluding carboxylic acids is 2. The van der Waals surface area contributed by atoms with Gasteiger partial charge in [0, 0.05) is 40.3 Å². The zero-order valence-corrected chi connectivity index (χ0v) is 24.6. The first-order chi connectivity index (χ1) is 18.4. The van der Waals surface area contributed by atoms with Crippen molar-refractivity contribution in [3.63, 3.8) is 0 Å². The van der Waals surface area contributed by atoms with Crippen molar-refractivity contribution in [1.29, 1.82) is 0 Å². The Kier molecular flexibility index (Phi) is 9.28. The molecule has 39 heavy (non-hydrogen) atoms. The molecule has 2 aromatic rings. The minimum absolute atomic E-state index is 0.118. The van der Waals surface area contributed by atoms with Gasteiger partial charge < -0.3 is 20.1 Å². The van der Waals surface area contributed by atoms with Crippen LogP contribution >= 0.6 is 23.2 Å². The highest BCUT2D eigenvalue weighted by Crippen LogP contribution is 2.36. The Morgan fingerprint density at radius 2 is 1.77 bits per heavy atom. The number of rotatable bonds is 8. The van der Waals surface area contributed by atoms with Crippen LogP contribution in [-0.4, -0.2) is 78.6 Å². The first-order valence-corrected chi connectivity index (χ1v) is 15.6. The number of benzene rings is 2. The molecule has 0 unspecified atom stereocenters. The maximum Gasteiger partial charge on any atom is 0.244 e. The van der Waals surface area contributed by atoms with Gasteiger partial charge >= 0.3 is 0 Å². The van der Waals surface area contributed by atoms with E-state index in [1.807, 2.05) is 7.05 Å². The van der Waals surface area contributed by atoms with Crippen molar-refractivity contribution in [2.45, 2.75) is 68.6 Å². The topological polar surface area (TPSA) is 101 Å². The molecule has 4 atom stereocenters. The van der Waals surface area contributed by atoms with Crippen LogP contribution in [0.15, 0.2) is 53.4 Å². The molecule has 2 aliphatic rings. The molecule has 212 valence electrons. The van der Waals surface area contributed by atoms with Crippen LogP contribution < -0.4 is 0 Å². The third kappa shape index (κ3) is 6.60. The minimum atomic E-state index is -3.66. The molecule has 4 rings (SSSR count). The molecular weight excluding hydrogens is 561 g/mol. The summed E-state index contributed by atoms with van der Waals surface area (Å²) in [4.78, 5) is 30.4. The van der Waals surface area contributed by atoms with Gasteiger partial charge in [-0.3, -0.25) is 9.59 Å². The molecule has 2 fully saturated rings. The fourth-order valence-electron chi connectivity index (χ4n) is 5.75. The molecule has 0 aromatic heterocycles. The van der Waals surface area contributed by atoms with Crippen molar-refractivity contribution < 1.29 is 18.0 Å². The first kappa shape index (κ1) is 29.8. The van der Waals surface area contributed by atoms with Gasteiger partial charge in [0.2, 0.25) is 11.8 Å². The molecule has 0 radical (unpaired) electrons. The Balaban J connectivity index is 1.56. The van der Waals surface area contributed by atoms with Crippen molar-refractivity contribution in [2.75, 3.05) is 19.3 Å². The fourth-order valence-corrected chi connectivity index (χ4v) is 7.73. The lowest BCUT2D eigenvalue weighted by Crippen LogP contribution is -2.53. The molecule has 8 nitrogen and oxygen atoms in total. The first-order valence-electron chi connectivity index (χ1n) is 13.2. The molecule has 1 heterocycles. The highest BCUT2D eigenvalue weighted by Gasteiger charge is 2.44. The fraction of sp³-hybridized carbons (Fsp3) is 0.500. The Hall–Kier alpha value is -2.17. The van der Waals surface area contributed by atoms with E-state index in [0.717, 1.165) is 6.42 Å². The summed E-state index contributed by atoms with van der Waals surface area (Å²) < 4.78 is 26.9. The maximum atomic E-state index is 13.5. The van der Waals surface area contributed by atoms with E-state index in [2.05, 4.69) is 18.7 Å². The lowest BCUT2D eigenvalue weighted by Gasteiger charge is -2.45.